The predicted molar refractivity (Wildman–Crippen MR) is 67.0 cm³/mol. The fourth-order valence-electron chi connectivity index (χ4n) is 1.01. The van der Waals surface area contributed by atoms with Gasteiger partial charge in [0.2, 0.25) is 0 Å². The van der Waals surface area contributed by atoms with Crippen molar-refractivity contribution in [2.75, 3.05) is 25.2 Å². The van der Waals surface area contributed by atoms with Crippen LogP contribution >= 0.6 is 23.4 Å². The van der Waals surface area contributed by atoms with Crippen LogP contribution in [0, 0.1) is 0 Å². The predicted octanol–water partition coefficient (Wildman–Crippen LogP) is 2.18. The van der Waals surface area contributed by atoms with E-state index in [1.807, 2.05) is 0 Å². The molecule has 0 aromatic carbocycles. The van der Waals surface area contributed by atoms with E-state index in [1.54, 1.807) is 19.2 Å². The highest BCUT2D eigenvalue weighted by Crippen LogP contribution is 2.21. The van der Waals surface area contributed by atoms with E-state index in [-0.39, 0.29) is 5.97 Å². The molecule has 0 atom stereocenters. The molecule has 1 aromatic rings. The molecule has 0 aliphatic rings. The van der Waals surface area contributed by atoms with Crippen LogP contribution in [0.25, 0.3) is 0 Å². The number of nitrogens with one attached hydrogen (secondary N) is 1. The monoisotopic (exact) mass is 260 g/mol. The summed E-state index contributed by atoms with van der Waals surface area (Å²) in [4.78, 5) is 15.2. The van der Waals surface area contributed by atoms with Crippen LogP contribution in [-0.2, 0) is 15.3 Å². The second-order valence-electron chi connectivity index (χ2n) is 2.94. The van der Waals surface area contributed by atoms with Gasteiger partial charge in [0.05, 0.1) is 23.6 Å². The minimum absolute atomic E-state index is 0.245. The van der Waals surface area contributed by atoms with E-state index in [9.17, 15) is 4.79 Å². The third kappa shape index (κ3) is 3.90. The number of aromatic nitrogens is 1. The minimum Gasteiger partial charge on any atom is -0.468 e. The molecule has 0 unspecified atom stereocenters. The van der Waals surface area contributed by atoms with E-state index >= 15 is 0 Å². The first-order valence-electron chi connectivity index (χ1n) is 4.65. The quantitative estimate of drug-likeness (QED) is 0.823. The van der Waals surface area contributed by atoms with Crippen molar-refractivity contribution in [1.82, 2.24) is 4.98 Å². The van der Waals surface area contributed by atoms with E-state index in [0.717, 1.165) is 11.5 Å². The maximum atomic E-state index is 10.9. The number of carbonyl (C=O) groups excluding carboxylic acids is 1. The van der Waals surface area contributed by atoms with Crippen LogP contribution in [0.2, 0.25) is 5.02 Å². The third-order valence-corrected chi connectivity index (χ3v) is 3.12. The molecule has 88 valence electrons. The van der Waals surface area contributed by atoms with Crippen LogP contribution < -0.4 is 5.32 Å². The van der Waals surface area contributed by atoms with Gasteiger partial charge in [-0.3, -0.25) is 4.79 Å². The van der Waals surface area contributed by atoms with Crippen LogP contribution in [0.3, 0.4) is 0 Å². The third-order valence-electron chi connectivity index (χ3n) is 1.86. The molecule has 0 saturated carbocycles. The molecule has 16 heavy (non-hydrogen) atoms. The Kier molecular flexibility index (Phi) is 5.42. The number of methoxy groups -OCH3 is 1. The zero-order valence-electron chi connectivity index (χ0n) is 9.12. The van der Waals surface area contributed by atoms with Gasteiger partial charge in [-0.2, -0.15) is 0 Å². The molecule has 0 fully saturated rings. The number of halogens is 1. The average molecular weight is 261 g/mol. The van der Waals surface area contributed by atoms with Crippen molar-refractivity contribution in [3.05, 3.63) is 22.8 Å². The Hall–Kier alpha value is -0.940. The topological polar surface area (TPSA) is 51.2 Å². The van der Waals surface area contributed by atoms with Crippen molar-refractivity contribution in [3.8, 4) is 0 Å². The second-order valence-corrected chi connectivity index (χ2v) is 4.34. The number of ether oxygens (including phenoxy) is 1. The highest BCUT2D eigenvalue weighted by molar-refractivity contribution is 7.99. The molecular formula is C10H13ClN2O2S. The zero-order chi connectivity index (χ0) is 12.0. The summed E-state index contributed by atoms with van der Waals surface area (Å²) in [5, 5.41) is 3.54. The minimum atomic E-state index is -0.245. The van der Waals surface area contributed by atoms with E-state index in [2.05, 4.69) is 15.0 Å². The fraction of sp³-hybridized carbons (Fsp3) is 0.400. The van der Waals surface area contributed by atoms with Gasteiger partial charge >= 0.3 is 5.97 Å². The number of hydrogen-bond donors (Lipinski definition) is 1. The summed E-state index contributed by atoms with van der Waals surface area (Å²) in [5.41, 5.74) is 0.766. The number of thioether (sulfide) groups is 1. The number of pyridine rings is 1. The van der Waals surface area contributed by atoms with Gasteiger partial charge in [-0.05, 0) is 12.1 Å². The van der Waals surface area contributed by atoms with Crippen molar-refractivity contribution in [1.29, 1.82) is 0 Å². The van der Waals surface area contributed by atoms with Crippen molar-refractivity contribution >= 4 is 35.1 Å². The van der Waals surface area contributed by atoms with Gasteiger partial charge in [0.25, 0.3) is 0 Å². The molecule has 1 heterocycles. The standard InChI is InChI=1S/C10H13ClN2O2S/c1-12-9-4-3-7(11)8(13-9)5-16-6-10(14)15-2/h3-4H,5-6H2,1-2H3,(H,12,13). The van der Waals surface area contributed by atoms with E-state index in [1.165, 1.54) is 18.9 Å². The molecular weight excluding hydrogens is 248 g/mol. The molecule has 0 spiro atoms. The Labute approximate surface area is 104 Å². The summed E-state index contributed by atoms with van der Waals surface area (Å²) in [6.45, 7) is 0. The molecule has 4 nitrogen and oxygen atoms in total. The first kappa shape index (κ1) is 13.1. The van der Waals surface area contributed by atoms with Gasteiger partial charge in [0.15, 0.2) is 0 Å². The normalized spacial score (nSPS) is 9.94. The molecule has 0 radical (unpaired) electrons. The molecule has 6 heteroatoms. The zero-order valence-corrected chi connectivity index (χ0v) is 10.7. The molecule has 1 N–H and O–H groups in total. The van der Waals surface area contributed by atoms with Crippen molar-refractivity contribution in [2.45, 2.75) is 5.75 Å². The van der Waals surface area contributed by atoms with Crippen molar-refractivity contribution in [3.63, 3.8) is 0 Å². The van der Waals surface area contributed by atoms with Crippen LogP contribution in [0.4, 0.5) is 5.82 Å². The van der Waals surface area contributed by atoms with Gasteiger partial charge in [-0.1, -0.05) is 11.6 Å². The smallest absolute Gasteiger partial charge is 0.315 e. The SMILES string of the molecule is CNc1ccc(Cl)c(CSCC(=O)OC)n1. The summed E-state index contributed by atoms with van der Waals surface area (Å²) < 4.78 is 4.54. The Balaban J connectivity index is 2.55. The number of rotatable bonds is 5. The Morgan fingerprint density at radius 2 is 2.38 bits per heavy atom. The van der Waals surface area contributed by atoms with Gasteiger partial charge < -0.3 is 10.1 Å². The lowest BCUT2D eigenvalue weighted by Gasteiger charge is -2.05. The maximum absolute atomic E-state index is 10.9. The molecule has 1 rings (SSSR count). The molecule has 0 saturated heterocycles. The molecule has 0 amide bonds. The summed E-state index contributed by atoms with van der Waals surface area (Å²) >= 11 is 7.41. The maximum Gasteiger partial charge on any atom is 0.315 e. The Morgan fingerprint density at radius 1 is 1.62 bits per heavy atom. The van der Waals surface area contributed by atoms with Crippen molar-refractivity contribution < 1.29 is 9.53 Å². The summed E-state index contributed by atoms with van der Waals surface area (Å²) in [5.74, 6) is 1.41. The molecule has 0 bridgehead atoms. The van der Waals surface area contributed by atoms with Crippen molar-refractivity contribution in [2.24, 2.45) is 0 Å². The lowest BCUT2D eigenvalue weighted by Crippen LogP contribution is -2.04. The number of carbonyl (C=O) groups is 1. The number of anilines is 1. The summed E-state index contributed by atoms with van der Waals surface area (Å²) in [6.07, 6.45) is 0. The lowest BCUT2D eigenvalue weighted by molar-refractivity contribution is -0.137. The Bertz CT molecular complexity index is 374. The number of esters is 1. The van der Waals surface area contributed by atoms with Crippen LogP contribution in [0.5, 0.6) is 0 Å². The van der Waals surface area contributed by atoms with Crippen LogP contribution in [-0.4, -0.2) is 30.9 Å². The van der Waals surface area contributed by atoms with Gasteiger partial charge in [0, 0.05) is 12.8 Å². The van der Waals surface area contributed by atoms with Gasteiger partial charge in [-0.15, -0.1) is 11.8 Å². The molecule has 1 aromatic heterocycles. The number of hydrogen-bond acceptors (Lipinski definition) is 5. The highest BCUT2D eigenvalue weighted by atomic mass is 35.5. The molecule has 0 aliphatic heterocycles. The van der Waals surface area contributed by atoms with Gasteiger partial charge in [0.1, 0.15) is 5.82 Å². The first-order valence-corrected chi connectivity index (χ1v) is 6.18. The van der Waals surface area contributed by atoms with E-state index in [0.29, 0.717) is 16.5 Å². The van der Waals surface area contributed by atoms with E-state index in [4.69, 9.17) is 11.6 Å². The van der Waals surface area contributed by atoms with Gasteiger partial charge in [-0.25, -0.2) is 4.98 Å². The number of nitrogens with zero attached hydrogens (tertiary/aromatic N) is 1. The summed E-state index contributed by atoms with van der Waals surface area (Å²) in [6, 6.07) is 3.59. The van der Waals surface area contributed by atoms with E-state index < -0.39 is 0 Å². The van der Waals surface area contributed by atoms with Crippen LogP contribution in [0.15, 0.2) is 12.1 Å². The Morgan fingerprint density at radius 3 is 3.00 bits per heavy atom. The fourth-order valence-corrected chi connectivity index (χ4v) is 2.07. The van der Waals surface area contributed by atoms with Crippen LogP contribution in [0.1, 0.15) is 5.69 Å². The molecule has 0 aliphatic carbocycles. The summed E-state index contributed by atoms with van der Waals surface area (Å²) in [7, 11) is 3.16. The average Bonchev–Trinajstić information content (AvgIpc) is 2.31. The lowest BCUT2D eigenvalue weighted by atomic mass is 10.3. The second kappa shape index (κ2) is 6.60. The first-order chi connectivity index (χ1) is 7.67. The highest BCUT2D eigenvalue weighted by Gasteiger charge is 2.06. The largest absolute Gasteiger partial charge is 0.468 e.